The first kappa shape index (κ1) is 15.8. The molecule has 7 heteroatoms. The molecule has 1 aliphatic heterocycles. The van der Waals surface area contributed by atoms with Crippen molar-refractivity contribution in [2.45, 2.75) is 0 Å². The summed E-state index contributed by atoms with van der Waals surface area (Å²) in [6.07, 6.45) is 5.23. The topological polar surface area (TPSA) is 64.1 Å². The molecule has 0 unspecified atom stereocenters. The summed E-state index contributed by atoms with van der Waals surface area (Å²) in [4.78, 5) is 21.0. The number of aromatic nitrogens is 2. The van der Waals surface area contributed by atoms with Gasteiger partial charge < -0.3 is 4.74 Å². The van der Waals surface area contributed by atoms with Gasteiger partial charge in [0.25, 0.3) is 5.91 Å². The molecule has 1 N–H and O–H groups in total. The molecule has 1 aromatic carbocycles. The Morgan fingerprint density at radius 3 is 3.08 bits per heavy atom. The number of nitrogens with zero attached hydrogens (tertiary/aromatic N) is 2. The monoisotopic (exact) mass is 369 g/mol. The van der Waals surface area contributed by atoms with Gasteiger partial charge >= 0.3 is 0 Å². The van der Waals surface area contributed by atoms with Gasteiger partial charge in [-0.25, -0.2) is 4.98 Å². The number of pyridine rings is 1. The number of thiazole rings is 1. The van der Waals surface area contributed by atoms with E-state index in [9.17, 15) is 4.79 Å². The second-order valence-corrected chi connectivity index (χ2v) is 6.67. The summed E-state index contributed by atoms with van der Waals surface area (Å²) in [6, 6.07) is 9.09. The van der Waals surface area contributed by atoms with Gasteiger partial charge in [0.1, 0.15) is 12.4 Å². The van der Waals surface area contributed by atoms with Crippen LogP contribution in [0.3, 0.4) is 0 Å². The van der Waals surface area contributed by atoms with Crippen LogP contribution in [-0.4, -0.2) is 22.5 Å². The van der Waals surface area contributed by atoms with Crippen molar-refractivity contribution in [2.24, 2.45) is 0 Å². The number of nitrogens with one attached hydrogen (secondary N) is 1. The van der Waals surface area contributed by atoms with E-state index in [0.717, 1.165) is 16.8 Å². The van der Waals surface area contributed by atoms with Crippen molar-refractivity contribution in [1.29, 1.82) is 0 Å². The molecule has 1 aliphatic rings. The predicted molar refractivity (Wildman–Crippen MR) is 98.9 cm³/mol. The number of carbonyl (C=O) groups is 1. The quantitative estimate of drug-likeness (QED) is 0.748. The zero-order valence-electron chi connectivity index (χ0n) is 12.9. The molecule has 0 bridgehead atoms. The molecule has 2 aromatic heterocycles. The van der Waals surface area contributed by atoms with Gasteiger partial charge in [-0.05, 0) is 36.4 Å². The minimum atomic E-state index is -0.238. The lowest BCUT2D eigenvalue weighted by atomic mass is 10.1. The summed E-state index contributed by atoms with van der Waals surface area (Å²) in [7, 11) is 0. The molecule has 0 fully saturated rings. The zero-order chi connectivity index (χ0) is 17.2. The number of benzene rings is 1. The van der Waals surface area contributed by atoms with Gasteiger partial charge in [-0.3, -0.25) is 15.1 Å². The fraction of sp³-hybridized carbons (Fsp3) is 0.0556. The summed E-state index contributed by atoms with van der Waals surface area (Å²) in [5.41, 5.74) is 2.99. The maximum Gasteiger partial charge on any atom is 0.256 e. The molecule has 0 saturated heterocycles. The van der Waals surface area contributed by atoms with Gasteiger partial charge in [0.2, 0.25) is 0 Å². The second kappa shape index (κ2) is 6.66. The van der Waals surface area contributed by atoms with E-state index in [-0.39, 0.29) is 12.5 Å². The van der Waals surface area contributed by atoms with Crippen molar-refractivity contribution in [3.05, 3.63) is 64.3 Å². The third kappa shape index (κ3) is 3.40. The summed E-state index contributed by atoms with van der Waals surface area (Å²) < 4.78 is 5.61. The molecule has 4 rings (SSSR count). The van der Waals surface area contributed by atoms with Gasteiger partial charge in [0.15, 0.2) is 5.13 Å². The Morgan fingerprint density at radius 1 is 1.32 bits per heavy atom. The van der Waals surface area contributed by atoms with E-state index in [4.69, 9.17) is 16.3 Å². The van der Waals surface area contributed by atoms with E-state index in [1.54, 1.807) is 36.7 Å². The van der Waals surface area contributed by atoms with E-state index in [2.05, 4.69) is 15.3 Å². The van der Waals surface area contributed by atoms with Crippen LogP contribution in [-0.2, 0) is 4.79 Å². The Balaban J connectivity index is 1.52. The first-order chi connectivity index (χ1) is 12.2. The van der Waals surface area contributed by atoms with Crippen LogP contribution >= 0.6 is 22.9 Å². The normalized spacial score (nSPS) is 12.8. The molecule has 124 valence electrons. The number of halogens is 1. The average Bonchev–Trinajstić information content (AvgIpc) is 3.10. The van der Waals surface area contributed by atoms with E-state index >= 15 is 0 Å². The molecule has 0 saturated carbocycles. The van der Waals surface area contributed by atoms with Crippen molar-refractivity contribution in [1.82, 2.24) is 9.97 Å². The van der Waals surface area contributed by atoms with E-state index in [0.29, 0.717) is 21.5 Å². The van der Waals surface area contributed by atoms with Gasteiger partial charge in [0, 0.05) is 33.9 Å². The van der Waals surface area contributed by atoms with Crippen molar-refractivity contribution in [3.8, 4) is 17.0 Å². The van der Waals surface area contributed by atoms with Crippen LogP contribution in [0.25, 0.3) is 17.3 Å². The van der Waals surface area contributed by atoms with Crippen LogP contribution in [0.2, 0.25) is 5.02 Å². The molecular formula is C18H12ClN3O2S. The van der Waals surface area contributed by atoms with E-state index in [1.165, 1.54) is 11.3 Å². The van der Waals surface area contributed by atoms with Gasteiger partial charge in [0.05, 0.1) is 11.3 Å². The minimum absolute atomic E-state index is 0.210. The number of ether oxygens (including phenoxy) is 1. The predicted octanol–water partition coefficient (Wildman–Crippen LogP) is 4.27. The van der Waals surface area contributed by atoms with Gasteiger partial charge in [-0.15, -0.1) is 11.3 Å². The number of amides is 1. The highest BCUT2D eigenvalue weighted by Crippen LogP contribution is 2.30. The highest BCUT2D eigenvalue weighted by atomic mass is 35.5. The lowest BCUT2D eigenvalue weighted by molar-refractivity contribution is -0.113. The van der Waals surface area contributed by atoms with Crippen LogP contribution in [0.5, 0.6) is 5.75 Å². The van der Waals surface area contributed by atoms with Crippen LogP contribution in [0.4, 0.5) is 5.13 Å². The maximum atomic E-state index is 12.5. The molecule has 25 heavy (non-hydrogen) atoms. The SMILES string of the molecule is O=C(Nc1nc(-c2cccnc2)cs1)C1=Cc2cc(Cl)ccc2OC1. The molecule has 5 nitrogen and oxygen atoms in total. The fourth-order valence-corrected chi connectivity index (χ4v) is 3.33. The summed E-state index contributed by atoms with van der Waals surface area (Å²) in [5.74, 6) is 0.478. The third-order valence-electron chi connectivity index (χ3n) is 3.66. The van der Waals surface area contributed by atoms with E-state index < -0.39 is 0 Å². The average molecular weight is 370 g/mol. The summed E-state index contributed by atoms with van der Waals surface area (Å²) in [5, 5.41) is 5.82. The zero-order valence-corrected chi connectivity index (χ0v) is 14.5. The molecular weight excluding hydrogens is 358 g/mol. The van der Waals surface area contributed by atoms with Crippen LogP contribution in [0, 0.1) is 0 Å². The second-order valence-electron chi connectivity index (χ2n) is 5.37. The highest BCUT2D eigenvalue weighted by Gasteiger charge is 2.18. The lowest BCUT2D eigenvalue weighted by Gasteiger charge is -2.17. The van der Waals surface area contributed by atoms with Crippen molar-refractivity contribution >= 4 is 40.1 Å². The first-order valence-electron chi connectivity index (χ1n) is 7.49. The van der Waals surface area contributed by atoms with Gasteiger partial charge in [-0.1, -0.05) is 11.6 Å². The molecule has 3 heterocycles. The van der Waals surface area contributed by atoms with Crippen molar-refractivity contribution < 1.29 is 9.53 Å². The molecule has 0 aliphatic carbocycles. The maximum absolute atomic E-state index is 12.5. The third-order valence-corrected chi connectivity index (χ3v) is 4.65. The molecule has 1 amide bonds. The molecule has 0 atom stereocenters. The molecule has 3 aromatic rings. The largest absolute Gasteiger partial charge is 0.488 e. The number of hydrogen-bond acceptors (Lipinski definition) is 5. The number of carbonyl (C=O) groups excluding carboxylic acids is 1. The first-order valence-corrected chi connectivity index (χ1v) is 8.75. The number of anilines is 1. The summed E-state index contributed by atoms with van der Waals surface area (Å²) in [6.45, 7) is 0.210. The van der Waals surface area contributed by atoms with Crippen molar-refractivity contribution in [3.63, 3.8) is 0 Å². The minimum Gasteiger partial charge on any atom is -0.488 e. The van der Waals surface area contributed by atoms with Crippen LogP contribution in [0.15, 0.2) is 53.7 Å². The van der Waals surface area contributed by atoms with E-state index in [1.807, 2.05) is 17.5 Å². The highest BCUT2D eigenvalue weighted by molar-refractivity contribution is 7.14. The Morgan fingerprint density at radius 2 is 2.24 bits per heavy atom. The molecule has 0 spiro atoms. The Bertz CT molecular complexity index is 969. The number of hydrogen-bond donors (Lipinski definition) is 1. The summed E-state index contributed by atoms with van der Waals surface area (Å²) >= 11 is 7.36. The lowest BCUT2D eigenvalue weighted by Crippen LogP contribution is -2.21. The molecule has 0 radical (unpaired) electrons. The number of fused-ring (bicyclic) bond motifs is 1. The van der Waals surface area contributed by atoms with Crippen LogP contribution in [0.1, 0.15) is 5.56 Å². The fourth-order valence-electron chi connectivity index (χ4n) is 2.43. The van der Waals surface area contributed by atoms with Gasteiger partial charge in [-0.2, -0.15) is 0 Å². The smallest absolute Gasteiger partial charge is 0.256 e. The van der Waals surface area contributed by atoms with Crippen LogP contribution < -0.4 is 10.1 Å². The Hall–Kier alpha value is -2.70. The Labute approximate surface area is 153 Å². The van der Waals surface area contributed by atoms with Crippen molar-refractivity contribution in [2.75, 3.05) is 11.9 Å². The Kier molecular flexibility index (Phi) is 4.21. The number of rotatable bonds is 3. The standard InChI is InChI=1S/C18H12ClN3O2S/c19-14-3-4-16-12(7-14)6-13(9-24-16)17(23)22-18-21-15(10-25-18)11-2-1-5-20-8-11/h1-8,10H,9H2,(H,21,22,23).